The maximum Gasteiger partial charge on any atom is 0.250 e. The molecule has 1 aliphatic rings. The number of hydrogen-bond acceptors (Lipinski definition) is 3. The highest BCUT2D eigenvalue weighted by Gasteiger charge is 2.15. The maximum absolute atomic E-state index is 12.0. The molecular weight excluding hydrogens is 304 g/mol. The van der Waals surface area contributed by atoms with Crippen LogP contribution in [0.15, 0.2) is 22.3 Å². The van der Waals surface area contributed by atoms with E-state index in [0.29, 0.717) is 5.88 Å². The molecule has 21 heavy (non-hydrogen) atoms. The second-order valence-electron chi connectivity index (χ2n) is 5.47. The summed E-state index contributed by atoms with van der Waals surface area (Å²) in [5, 5.41) is 3.17. The van der Waals surface area contributed by atoms with Crippen LogP contribution in [0, 0.1) is 0 Å². The molecule has 3 rings (SSSR count). The number of rotatable bonds is 6. The van der Waals surface area contributed by atoms with Crippen molar-refractivity contribution in [2.24, 2.45) is 0 Å². The van der Waals surface area contributed by atoms with Crippen LogP contribution in [0.4, 0.5) is 0 Å². The SMILES string of the molecule is O=c1ccc2c(n1CCCCc1nc(CCl)cs1)CCC2. The number of alkyl halides is 1. The molecule has 2 aromatic rings. The summed E-state index contributed by atoms with van der Waals surface area (Å²) in [7, 11) is 0. The van der Waals surface area contributed by atoms with Gasteiger partial charge in [-0.25, -0.2) is 4.98 Å². The second kappa shape index (κ2) is 6.75. The molecule has 2 aromatic heterocycles. The number of halogens is 1. The predicted molar refractivity (Wildman–Crippen MR) is 87.3 cm³/mol. The number of nitrogens with zero attached hydrogens (tertiary/aromatic N) is 2. The van der Waals surface area contributed by atoms with Crippen LogP contribution in [0.2, 0.25) is 0 Å². The third-order valence-electron chi connectivity index (χ3n) is 4.01. The fourth-order valence-corrected chi connectivity index (χ4v) is 4.02. The van der Waals surface area contributed by atoms with Gasteiger partial charge in [0.15, 0.2) is 0 Å². The Bertz CT molecular complexity index is 677. The Balaban J connectivity index is 1.56. The lowest BCUT2D eigenvalue weighted by Gasteiger charge is -2.11. The first-order valence-electron chi connectivity index (χ1n) is 7.49. The van der Waals surface area contributed by atoms with Gasteiger partial charge >= 0.3 is 0 Å². The van der Waals surface area contributed by atoms with Gasteiger partial charge in [0.05, 0.1) is 16.6 Å². The lowest BCUT2D eigenvalue weighted by molar-refractivity contribution is 0.574. The molecule has 0 N–H and O–H groups in total. The molecule has 0 amide bonds. The summed E-state index contributed by atoms with van der Waals surface area (Å²) in [4.78, 5) is 16.5. The van der Waals surface area contributed by atoms with Crippen molar-refractivity contribution in [1.82, 2.24) is 9.55 Å². The van der Waals surface area contributed by atoms with E-state index in [1.165, 1.54) is 17.7 Å². The van der Waals surface area contributed by atoms with E-state index < -0.39 is 0 Å². The molecule has 5 heteroatoms. The van der Waals surface area contributed by atoms with Crippen molar-refractivity contribution in [3.8, 4) is 0 Å². The van der Waals surface area contributed by atoms with Gasteiger partial charge in [-0.3, -0.25) is 4.79 Å². The van der Waals surface area contributed by atoms with Gasteiger partial charge in [-0.15, -0.1) is 22.9 Å². The number of pyridine rings is 1. The van der Waals surface area contributed by atoms with Gasteiger partial charge in [-0.2, -0.15) is 0 Å². The molecule has 1 aliphatic carbocycles. The Kier molecular flexibility index (Phi) is 4.76. The lowest BCUT2D eigenvalue weighted by Crippen LogP contribution is -2.22. The molecule has 0 bridgehead atoms. The van der Waals surface area contributed by atoms with Gasteiger partial charge in [-0.05, 0) is 44.1 Å². The molecule has 112 valence electrons. The van der Waals surface area contributed by atoms with Crippen molar-refractivity contribution in [3.63, 3.8) is 0 Å². The van der Waals surface area contributed by atoms with Crippen LogP contribution >= 0.6 is 22.9 Å². The van der Waals surface area contributed by atoms with Crippen molar-refractivity contribution in [1.29, 1.82) is 0 Å². The average molecular weight is 323 g/mol. The van der Waals surface area contributed by atoms with E-state index in [9.17, 15) is 4.79 Å². The van der Waals surface area contributed by atoms with Crippen LogP contribution in [0.25, 0.3) is 0 Å². The summed E-state index contributed by atoms with van der Waals surface area (Å²) in [6.07, 6.45) is 6.41. The minimum atomic E-state index is 0.148. The molecule has 0 spiro atoms. The summed E-state index contributed by atoms with van der Waals surface area (Å²) in [5.74, 6) is 0.488. The number of hydrogen-bond donors (Lipinski definition) is 0. The summed E-state index contributed by atoms with van der Waals surface area (Å²) >= 11 is 7.44. The fraction of sp³-hybridized carbons (Fsp3) is 0.500. The Morgan fingerprint density at radius 1 is 1.29 bits per heavy atom. The molecule has 0 radical (unpaired) electrons. The van der Waals surface area contributed by atoms with Crippen LogP contribution < -0.4 is 5.56 Å². The van der Waals surface area contributed by atoms with E-state index in [0.717, 1.165) is 49.4 Å². The number of thiazole rings is 1. The van der Waals surface area contributed by atoms with Gasteiger partial charge in [-0.1, -0.05) is 6.07 Å². The minimum absolute atomic E-state index is 0.148. The van der Waals surface area contributed by atoms with Crippen molar-refractivity contribution >= 4 is 22.9 Å². The number of aromatic nitrogens is 2. The molecule has 0 aromatic carbocycles. The number of unbranched alkanes of at least 4 members (excludes halogenated alkanes) is 1. The van der Waals surface area contributed by atoms with Crippen molar-refractivity contribution in [2.75, 3.05) is 0 Å². The van der Waals surface area contributed by atoms with Crippen LogP contribution in [-0.4, -0.2) is 9.55 Å². The molecule has 0 unspecified atom stereocenters. The van der Waals surface area contributed by atoms with Gasteiger partial charge in [0.1, 0.15) is 0 Å². The van der Waals surface area contributed by atoms with Gasteiger partial charge in [0.2, 0.25) is 0 Å². The molecule has 3 nitrogen and oxygen atoms in total. The number of aryl methyl sites for hydroxylation is 2. The first-order valence-corrected chi connectivity index (χ1v) is 8.90. The zero-order chi connectivity index (χ0) is 14.7. The molecule has 0 fully saturated rings. The third kappa shape index (κ3) is 3.38. The highest BCUT2D eigenvalue weighted by atomic mass is 35.5. The van der Waals surface area contributed by atoms with Crippen molar-refractivity contribution < 1.29 is 0 Å². The topological polar surface area (TPSA) is 34.9 Å². The zero-order valence-electron chi connectivity index (χ0n) is 12.0. The van der Waals surface area contributed by atoms with E-state index in [4.69, 9.17) is 11.6 Å². The third-order valence-corrected chi connectivity index (χ3v) is 5.24. The second-order valence-corrected chi connectivity index (χ2v) is 6.68. The monoisotopic (exact) mass is 322 g/mol. The van der Waals surface area contributed by atoms with E-state index in [2.05, 4.69) is 4.98 Å². The average Bonchev–Trinajstić information content (AvgIpc) is 3.14. The lowest BCUT2D eigenvalue weighted by atomic mass is 10.2. The predicted octanol–water partition coefficient (Wildman–Crippen LogP) is 3.56. The number of fused-ring (bicyclic) bond motifs is 1. The van der Waals surface area contributed by atoms with Crippen LogP contribution in [0.3, 0.4) is 0 Å². The van der Waals surface area contributed by atoms with Crippen LogP contribution in [-0.2, 0) is 31.7 Å². The Morgan fingerprint density at radius 3 is 3.00 bits per heavy atom. The van der Waals surface area contributed by atoms with Crippen LogP contribution in [0.1, 0.15) is 41.2 Å². The summed E-state index contributed by atoms with van der Waals surface area (Å²) < 4.78 is 1.98. The Morgan fingerprint density at radius 2 is 2.19 bits per heavy atom. The Hall–Kier alpha value is -1.13. The standard InChI is InChI=1S/C16H19ClN2OS/c17-10-13-11-21-15(18-13)6-1-2-9-19-14-5-3-4-12(14)7-8-16(19)20/h7-8,11H,1-6,9-10H2. The molecule has 0 aliphatic heterocycles. The molecule has 2 heterocycles. The highest BCUT2D eigenvalue weighted by molar-refractivity contribution is 7.09. The highest BCUT2D eigenvalue weighted by Crippen LogP contribution is 2.20. The fourth-order valence-electron chi connectivity index (χ4n) is 2.95. The van der Waals surface area contributed by atoms with Gasteiger partial charge < -0.3 is 4.57 Å². The quantitative estimate of drug-likeness (QED) is 0.602. The first kappa shape index (κ1) is 14.8. The van der Waals surface area contributed by atoms with Crippen LogP contribution in [0.5, 0.6) is 0 Å². The first-order chi connectivity index (χ1) is 10.3. The Labute approximate surface area is 133 Å². The molecule has 0 saturated heterocycles. The van der Waals surface area contributed by atoms with Crippen molar-refractivity contribution in [3.05, 3.63) is 49.8 Å². The smallest absolute Gasteiger partial charge is 0.250 e. The van der Waals surface area contributed by atoms with Crippen molar-refractivity contribution in [2.45, 2.75) is 50.9 Å². The van der Waals surface area contributed by atoms with E-state index >= 15 is 0 Å². The van der Waals surface area contributed by atoms with Gasteiger partial charge in [0.25, 0.3) is 5.56 Å². The zero-order valence-corrected chi connectivity index (χ0v) is 13.6. The maximum atomic E-state index is 12.0. The summed E-state index contributed by atoms with van der Waals surface area (Å²) in [6, 6.07) is 3.72. The normalized spacial score (nSPS) is 13.6. The van der Waals surface area contributed by atoms with Gasteiger partial charge in [0, 0.05) is 23.7 Å². The van der Waals surface area contributed by atoms with E-state index in [-0.39, 0.29) is 5.56 Å². The molecule has 0 saturated carbocycles. The largest absolute Gasteiger partial charge is 0.312 e. The minimum Gasteiger partial charge on any atom is -0.312 e. The summed E-state index contributed by atoms with van der Waals surface area (Å²) in [6.45, 7) is 0.829. The summed E-state index contributed by atoms with van der Waals surface area (Å²) in [5.41, 5.74) is 3.74. The molecular formula is C16H19ClN2OS. The van der Waals surface area contributed by atoms with E-state index in [1.54, 1.807) is 17.4 Å². The molecule has 0 atom stereocenters. The van der Waals surface area contributed by atoms with E-state index in [1.807, 2.05) is 16.0 Å².